The molecule has 184 valence electrons. The van der Waals surface area contributed by atoms with E-state index < -0.39 is 12.0 Å². The molecular formula is C24H23BrCl2N4O4. The zero-order valence-corrected chi connectivity index (χ0v) is 22.5. The summed E-state index contributed by atoms with van der Waals surface area (Å²) in [5, 5.41) is 8.53. The number of allylic oxidation sites excluding steroid dienone is 1. The van der Waals surface area contributed by atoms with Crippen LogP contribution in [0.15, 0.2) is 52.4 Å². The molecule has 0 saturated carbocycles. The predicted molar refractivity (Wildman–Crippen MR) is 137 cm³/mol. The summed E-state index contributed by atoms with van der Waals surface area (Å²) in [7, 11) is 1.55. The number of fused-ring (bicyclic) bond motifs is 1. The quantitative estimate of drug-likeness (QED) is 0.333. The summed E-state index contributed by atoms with van der Waals surface area (Å²) in [5.41, 5.74) is 2.56. The molecule has 1 aliphatic rings. The number of benzene rings is 2. The molecule has 0 bridgehead atoms. The second-order valence-corrected chi connectivity index (χ2v) is 9.80. The van der Waals surface area contributed by atoms with E-state index in [1.54, 1.807) is 49.9 Å². The normalized spacial score (nSPS) is 15.0. The van der Waals surface area contributed by atoms with Crippen molar-refractivity contribution in [3.8, 4) is 11.5 Å². The van der Waals surface area contributed by atoms with Crippen molar-refractivity contribution in [3.05, 3.63) is 73.6 Å². The fourth-order valence-electron chi connectivity index (χ4n) is 3.77. The highest BCUT2D eigenvalue weighted by molar-refractivity contribution is 9.10. The average molecular weight is 582 g/mol. The van der Waals surface area contributed by atoms with Crippen molar-refractivity contribution in [2.45, 2.75) is 39.5 Å². The van der Waals surface area contributed by atoms with Gasteiger partial charge < -0.3 is 19.5 Å². The molecule has 8 nitrogen and oxygen atoms in total. The third-order valence-electron chi connectivity index (χ3n) is 5.31. The van der Waals surface area contributed by atoms with Gasteiger partial charge in [0.25, 0.3) is 0 Å². The first-order valence-electron chi connectivity index (χ1n) is 10.7. The van der Waals surface area contributed by atoms with Gasteiger partial charge in [-0.05, 0) is 66.5 Å². The van der Waals surface area contributed by atoms with Gasteiger partial charge in [0.2, 0.25) is 5.95 Å². The van der Waals surface area contributed by atoms with Crippen LogP contribution in [-0.4, -0.2) is 33.9 Å². The SMILES string of the molecule is COc1cc(C2C(C(=O)OC(C)C)=C(C)Nc3ncnn32)cc(Br)c1OCc1ccc(Cl)cc1Cl. The van der Waals surface area contributed by atoms with Crippen molar-refractivity contribution in [2.75, 3.05) is 12.4 Å². The highest BCUT2D eigenvalue weighted by Crippen LogP contribution is 2.43. The molecule has 1 atom stereocenters. The molecule has 2 aromatic carbocycles. The van der Waals surface area contributed by atoms with Gasteiger partial charge >= 0.3 is 5.97 Å². The lowest BCUT2D eigenvalue weighted by Crippen LogP contribution is -2.30. The number of halogens is 3. The second kappa shape index (κ2) is 10.5. The lowest BCUT2D eigenvalue weighted by atomic mass is 9.95. The van der Waals surface area contributed by atoms with Crippen LogP contribution in [0, 0.1) is 0 Å². The zero-order valence-electron chi connectivity index (χ0n) is 19.4. The van der Waals surface area contributed by atoms with E-state index in [0.29, 0.717) is 43.2 Å². The number of aromatic nitrogens is 3. The lowest BCUT2D eigenvalue weighted by Gasteiger charge is -2.29. The van der Waals surface area contributed by atoms with Crippen LogP contribution in [0.4, 0.5) is 5.95 Å². The van der Waals surface area contributed by atoms with Crippen molar-refractivity contribution < 1.29 is 19.0 Å². The van der Waals surface area contributed by atoms with Crippen molar-refractivity contribution >= 4 is 51.0 Å². The zero-order chi connectivity index (χ0) is 25.3. The Morgan fingerprint density at radius 3 is 2.71 bits per heavy atom. The minimum Gasteiger partial charge on any atom is -0.493 e. The Kier molecular flexibility index (Phi) is 7.59. The largest absolute Gasteiger partial charge is 0.493 e. The maximum absolute atomic E-state index is 13.1. The van der Waals surface area contributed by atoms with E-state index in [9.17, 15) is 4.79 Å². The number of methoxy groups -OCH3 is 1. The molecule has 0 saturated heterocycles. The molecule has 1 aliphatic heterocycles. The van der Waals surface area contributed by atoms with E-state index in [1.807, 2.05) is 13.0 Å². The number of carbonyl (C=O) groups excluding carboxylic acids is 1. The van der Waals surface area contributed by atoms with Crippen LogP contribution in [0.5, 0.6) is 11.5 Å². The smallest absolute Gasteiger partial charge is 0.338 e. The molecule has 1 unspecified atom stereocenters. The van der Waals surface area contributed by atoms with E-state index >= 15 is 0 Å². The molecule has 0 spiro atoms. The summed E-state index contributed by atoms with van der Waals surface area (Å²) in [5.74, 6) is 1.03. The first-order valence-corrected chi connectivity index (χ1v) is 12.3. The van der Waals surface area contributed by atoms with Crippen molar-refractivity contribution in [2.24, 2.45) is 0 Å². The summed E-state index contributed by atoms with van der Waals surface area (Å²) in [4.78, 5) is 17.3. The van der Waals surface area contributed by atoms with E-state index in [-0.39, 0.29) is 12.7 Å². The van der Waals surface area contributed by atoms with E-state index in [1.165, 1.54) is 6.33 Å². The van der Waals surface area contributed by atoms with Gasteiger partial charge in [-0.25, -0.2) is 9.48 Å². The molecule has 0 radical (unpaired) electrons. The molecule has 0 fully saturated rings. The van der Waals surface area contributed by atoms with Gasteiger partial charge in [0, 0.05) is 21.3 Å². The standard InChI is InChI=1S/C24H23BrCl2N4O4/c1-12(2)35-23(32)20-13(3)30-24-28-11-29-31(24)21(20)15-7-17(25)22(19(8-15)33-4)34-10-14-5-6-16(26)9-18(14)27/h5-9,11-12,21H,10H2,1-4H3,(H,28,29,30). The highest BCUT2D eigenvalue weighted by Gasteiger charge is 2.35. The van der Waals surface area contributed by atoms with Crippen molar-refractivity contribution in [1.82, 2.24) is 14.8 Å². The van der Waals surface area contributed by atoms with E-state index in [2.05, 4.69) is 31.3 Å². The molecule has 1 aromatic heterocycles. The van der Waals surface area contributed by atoms with Gasteiger partial charge in [-0.15, -0.1) is 0 Å². The first-order chi connectivity index (χ1) is 16.7. The van der Waals surface area contributed by atoms with Gasteiger partial charge in [0.1, 0.15) is 19.0 Å². The van der Waals surface area contributed by atoms with Gasteiger partial charge in [0.05, 0.1) is 23.3 Å². The van der Waals surface area contributed by atoms with Crippen LogP contribution >= 0.6 is 39.1 Å². The summed E-state index contributed by atoms with van der Waals surface area (Å²) < 4.78 is 19.5. The van der Waals surface area contributed by atoms with Crippen LogP contribution < -0.4 is 14.8 Å². The Labute approximate surface area is 221 Å². The van der Waals surface area contributed by atoms with Gasteiger partial charge in [-0.2, -0.15) is 10.1 Å². The summed E-state index contributed by atoms with van der Waals surface area (Å²) >= 11 is 15.9. The van der Waals surface area contributed by atoms with Crippen molar-refractivity contribution in [1.29, 1.82) is 0 Å². The Balaban J connectivity index is 1.73. The molecule has 1 N–H and O–H groups in total. The Morgan fingerprint density at radius 1 is 1.26 bits per heavy atom. The maximum atomic E-state index is 13.1. The van der Waals surface area contributed by atoms with Crippen LogP contribution in [0.25, 0.3) is 0 Å². The van der Waals surface area contributed by atoms with Crippen LogP contribution in [0.2, 0.25) is 10.0 Å². The monoisotopic (exact) mass is 580 g/mol. The van der Waals surface area contributed by atoms with Crippen molar-refractivity contribution in [3.63, 3.8) is 0 Å². The number of hydrogen-bond acceptors (Lipinski definition) is 7. The molecule has 11 heteroatoms. The number of ether oxygens (including phenoxy) is 3. The van der Waals surface area contributed by atoms with Crippen LogP contribution in [-0.2, 0) is 16.1 Å². The lowest BCUT2D eigenvalue weighted by molar-refractivity contribution is -0.143. The minimum absolute atomic E-state index is 0.204. The van der Waals surface area contributed by atoms with E-state index in [0.717, 1.165) is 11.1 Å². The Bertz CT molecular complexity index is 1310. The first kappa shape index (κ1) is 25.3. The Hall–Kier alpha value is -2.75. The topological polar surface area (TPSA) is 87.5 Å². The number of rotatable bonds is 7. The summed E-state index contributed by atoms with van der Waals surface area (Å²) in [6.07, 6.45) is 1.15. The number of hydrogen-bond donors (Lipinski definition) is 1. The fraction of sp³-hybridized carbons (Fsp3) is 0.292. The fourth-order valence-corrected chi connectivity index (χ4v) is 4.80. The van der Waals surface area contributed by atoms with Crippen LogP contribution in [0.1, 0.15) is 37.9 Å². The van der Waals surface area contributed by atoms with Gasteiger partial charge in [0.15, 0.2) is 11.5 Å². The van der Waals surface area contributed by atoms with Gasteiger partial charge in [-0.3, -0.25) is 0 Å². The Morgan fingerprint density at radius 2 is 2.03 bits per heavy atom. The summed E-state index contributed by atoms with van der Waals surface area (Å²) in [6, 6.07) is 8.29. The maximum Gasteiger partial charge on any atom is 0.338 e. The average Bonchev–Trinajstić information content (AvgIpc) is 3.25. The number of nitrogens with one attached hydrogen (secondary N) is 1. The van der Waals surface area contributed by atoms with E-state index in [4.69, 9.17) is 37.4 Å². The molecule has 35 heavy (non-hydrogen) atoms. The predicted octanol–water partition coefficient (Wildman–Crippen LogP) is 6.18. The third kappa shape index (κ3) is 5.27. The van der Waals surface area contributed by atoms with Gasteiger partial charge in [-0.1, -0.05) is 29.3 Å². The second-order valence-electron chi connectivity index (χ2n) is 8.11. The molecule has 4 rings (SSSR count). The molecule has 0 aliphatic carbocycles. The molecular weight excluding hydrogens is 559 g/mol. The third-order valence-corrected chi connectivity index (χ3v) is 6.49. The molecule has 0 amide bonds. The molecule has 2 heterocycles. The number of esters is 1. The number of carbonyl (C=O) groups is 1. The minimum atomic E-state index is -0.593. The summed E-state index contributed by atoms with van der Waals surface area (Å²) in [6.45, 7) is 5.62. The molecule has 3 aromatic rings. The number of nitrogens with zero attached hydrogens (tertiary/aromatic N) is 3. The van der Waals surface area contributed by atoms with Crippen LogP contribution in [0.3, 0.4) is 0 Å². The highest BCUT2D eigenvalue weighted by atomic mass is 79.9. The number of anilines is 1.